The lowest BCUT2D eigenvalue weighted by molar-refractivity contribution is -0.117. The Kier molecular flexibility index (Phi) is 4.99. The normalized spacial score (nSPS) is 13.4. The van der Waals surface area contributed by atoms with Gasteiger partial charge in [-0.05, 0) is 37.8 Å². The molecule has 140 valence electrons. The Morgan fingerprint density at radius 3 is 3.04 bits per heavy atom. The van der Waals surface area contributed by atoms with Crippen molar-refractivity contribution < 1.29 is 13.9 Å². The molecule has 0 aliphatic heterocycles. The van der Waals surface area contributed by atoms with Crippen LogP contribution in [0.5, 0.6) is 5.75 Å². The molecule has 0 atom stereocenters. The van der Waals surface area contributed by atoms with Crippen molar-refractivity contribution in [3.63, 3.8) is 0 Å². The second kappa shape index (κ2) is 7.56. The number of carbonyl (C=O) groups is 1. The van der Waals surface area contributed by atoms with Crippen LogP contribution < -0.4 is 9.64 Å². The highest BCUT2D eigenvalue weighted by Gasteiger charge is 2.23. The van der Waals surface area contributed by atoms with Crippen LogP contribution in [0, 0.1) is 0 Å². The van der Waals surface area contributed by atoms with Gasteiger partial charge in [-0.1, -0.05) is 6.08 Å². The van der Waals surface area contributed by atoms with Crippen LogP contribution in [0.25, 0.3) is 11.0 Å². The van der Waals surface area contributed by atoms with Crippen molar-refractivity contribution in [1.29, 1.82) is 0 Å². The zero-order chi connectivity index (χ0) is 18.8. The predicted octanol–water partition coefficient (Wildman–Crippen LogP) is 4.54. The summed E-state index contributed by atoms with van der Waals surface area (Å²) in [5.74, 6) is 0.732. The van der Waals surface area contributed by atoms with E-state index in [1.165, 1.54) is 17.7 Å². The van der Waals surface area contributed by atoms with Crippen LogP contribution in [0.15, 0.2) is 41.5 Å². The van der Waals surface area contributed by atoms with Crippen LogP contribution in [0.4, 0.5) is 5.13 Å². The summed E-state index contributed by atoms with van der Waals surface area (Å²) in [4.78, 5) is 20.9. The van der Waals surface area contributed by atoms with Crippen LogP contribution in [-0.2, 0) is 24.1 Å². The number of hydrogen-bond acceptors (Lipinski definition) is 5. The van der Waals surface area contributed by atoms with Crippen LogP contribution in [0.3, 0.4) is 0 Å². The number of aromatic nitrogens is 1. The van der Waals surface area contributed by atoms with E-state index in [9.17, 15) is 4.79 Å². The summed E-state index contributed by atoms with van der Waals surface area (Å²) in [5, 5.41) is 1.71. The number of fused-ring (bicyclic) bond motifs is 2. The first-order chi connectivity index (χ1) is 13.2. The molecule has 5 nitrogen and oxygen atoms in total. The Morgan fingerprint density at radius 2 is 2.26 bits per heavy atom. The van der Waals surface area contributed by atoms with Gasteiger partial charge in [0, 0.05) is 28.4 Å². The van der Waals surface area contributed by atoms with Gasteiger partial charge in [0.05, 0.1) is 25.5 Å². The number of ether oxygens (including phenoxy) is 1. The van der Waals surface area contributed by atoms with E-state index in [0.29, 0.717) is 6.54 Å². The standard InChI is InChI=1S/C21H22N2O3S/c1-3-10-23(21-22-17-6-4-5-7-19(17)27-21)20(24)11-14-13-26-18-12-15(25-2)8-9-16(14)18/h3,8-9,12-13H,1,4-7,10-11H2,2H3. The molecule has 0 saturated carbocycles. The van der Waals surface area contributed by atoms with Gasteiger partial charge >= 0.3 is 0 Å². The van der Waals surface area contributed by atoms with Crippen LogP contribution in [0.1, 0.15) is 29.0 Å². The fourth-order valence-corrected chi connectivity index (χ4v) is 4.63. The lowest BCUT2D eigenvalue weighted by Gasteiger charge is -2.17. The molecule has 0 bridgehead atoms. The summed E-state index contributed by atoms with van der Waals surface area (Å²) in [6.45, 7) is 4.26. The molecule has 6 heteroatoms. The van der Waals surface area contributed by atoms with E-state index in [1.807, 2.05) is 18.2 Å². The molecule has 0 saturated heterocycles. The number of carbonyl (C=O) groups excluding carboxylic acids is 1. The SMILES string of the molecule is C=CCN(C(=O)Cc1coc2cc(OC)ccc12)c1nc2c(s1)CCCC2. The van der Waals surface area contributed by atoms with Gasteiger partial charge in [0.2, 0.25) is 5.91 Å². The summed E-state index contributed by atoms with van der Waals surface area (Å²) < 4.78 is 10.8. The number of aryl methyl sites for hydroxylation is 2. The molecule has 4 rings (SSSR count). The number of nitrogens with zero attached hydrogens (tertiary/aromatic N) is 2. The molecule has 2 heterocycles. The minimum absolute atomic E-state index is 0.000449. The first-order valence-corrected chi connectivity index (χ1v) is 9.95. The van der Waals surface area contributed by atoms with Gasteiger partial charge in [-0.2, -0.15) is 0 Å². The minimum atomic E-state index is -0.000449. The summed E-state index contributed by atoms with van der Waals surface area (Å²) in [6.07, 6.45) is 8.12. The van der Waals surface area contributed by atoms with Crippen molar-refractivity contribution >= 4 is 33.3 Å². The maximum atomic E-state index is 13.1. The highest BCUT2D eigenvalue weighted by Crippen LogP contribution is 2.33. The Bertz CT molecular complexity index is 965. The summed E-state index contributed by atoms with van der Waals surface area (Å²) in [5.41, 5.74) is 2.74. The summed E-state index contributed by atoms with van der Waals surface area (Å²) in [7, 11) is 1.62. The van der Waals surface area contributed by atoms with Crippen molar-refractivity contribution in [2.75, 3.05) is 18.6 Å². The maximum absolute atomic E-state index is 13.1. The molecule has 1 amide bonds. The van der Waals surface area contributed by atoms with E-state index >= 15 is 0 Å². The predicted molar refractivity (Wildman–Crippen MR) is 108 cm³/mol. The molecule has 1 aromatic carbocycles. The number of anilines is 1. The van der Waals surface area contributed by atoms with E-state index in [1.54, 1.807) is 35.7 Å². The third-order valence-corrected chi connectivity index (χ3v) is 6.06. The van der Waals surface area contributed by atoms with Gasteiger partial charge in [-0.3, -0.25) is 9.69 Å². The molecule has 0 spiro atoms. The first kappa shape index (κ1) is 17.8. The topological polar surface area (TPSA) is 55.6 Å². The fraction of sp³-hybridized carbons (Fsp3) is 0.333. The molecule has 0 unspecified atom stereocenters. The number of methoxy groups -OCH3 is 1. The van der Waals surface area contributed by atoms with Crippen molar-refractivity contribution in [3.8, 4) is 5.75 Å². The van der Waals surface area contributed by atoms with Crippen LogP contribution in [-0.4, -0.2) is 24.5 Å². The van der Waals surface area contributed by atoms with Crippen molar-refractivity contribution in [1.82, 2.24) is 4.98 Å². The molecule has 2 aromatic heterocycles. The number of furan rings is 1. The van der Waals surface area contributed by atoms with Crippen LogP contribution in [0.2, 0.25) is 0 Å². The second-order valence-corrected chi connectivity index (χ2v) is 7.73. The summed E-state index contributed by atoms with van der Waals surface area (Å²) in [6, 6.07) is 5.64. The van der Waals surface area contributed by atoms with E-state index in [4.69, 9.17) is 14.1 Å². The maximum Gasteiger partial charge on any atom is 0.233 e. The molecule has 1 aliphatic rings. The molecule has 0 N–H and O–H groups in total. The Labute approximate surface area is 162 Å². The average Bonchev–Trinajstić information content (AvgIpc) is 3.29. The van der Waals surface area contributed by atoms with Crippen molar-refractivity contribution in [2.24, 2.45) is 0 Å². The lowest BCUT2D eigenvalue weighted by atomic mass is 10.0. The fourth-order valence-electron chi connectivity index (χ4n) is 3.46. The monoisotopic (exact) mass is 382 g/mol. The number of hydrogen-bond donors (Lipinski definition) is 0. The quantitative estimate of drug-likeness (QED) is 0.588. The van der Waals surface area contributed by atoms with Gasteiger partial charge in [0.1, 0.15) is 11.3 Å². The zero-order valence-electron chi connectivity index (χ0n) is 15.4. The minimum Gasteiger partial charge on any atom is -0.497 e. The molecule has 27 heavy (non-hydrogen) atoms. The van der Waals surface area contributed by atoms with Gasteiger partial charge in [0.25, 0.3) is 0 Å². The average molecular weight is 382 g/mol. The van der Waals surface area contributed by atoms with E-state index in [0.717, 1.165) is 45.9 Å². The first-order valence-electron chi connectivity index (χ1n) is 9.13. The summed E-state index contributed by atoms with van der Waals surface area (Å²) >= 11 is 1.64. The number of benzene rings is 1. The number of amides is 1. The number of thiazole rings is 1. The third-order valence-electron chi connectivity index (χ3n) is 4.88. The third kappa shape index (κ3) is 3.49. The molecule has 1 aliphatic carbocycles. The highest BCUT2D eigenvalue weighted by atomic mass is 32.1. The van der Waals surface area contributed by atoms with Gasteiger partial charge in [-0.15, -0.1) is 17.9 Å². The van der Waals surface area contributed by atoms with Crippen molar-refractivity contribution in [2.45, 2.75) is 32.1 Å². The highest BCUT2D eigenvalue weighted by molar-refractivity contribution is 7.16. The van der Waals surface area contributed by atoms with E-state index in [2.05, 4.69) is 6.58 Å². The van der Waals surface area contributed by atoms with Crippen molar-refractivity contribution in [3.05, 3.63) is 53.3 Å². The Hall–Kier alpha value is -2.60. The smallest absolute Gasteiger partial charge is 0.233 e. The second-order valence-electron chi connectivity index (χ2n) is 6.67. The number of rotatable bonds is 6. The Morgan fingerprint density at radius 1 is 1.41 bits per heavy atom. The van der Waals surface area contributed by atoms with Gasteiger partial charge in [-0.25, -0.2) is 4.98 Å². The molecular weight excluding hydrogens is 360 g/mol. The molecular formula is C21H22N2O3S. The van der Waals surface area contributed by atoms with Crippen LogP contribution >= 0.6 is 11.3 Å². The lowest BCUT2D eigenvalue weighted by Crippen LogP contribution is -2.32. The van der Waals surface area contributed by atoms with E-state index < -0.39 is 0 Å². The Balaban J connectivity index is 1.59. The van der Waals surface area contributed by atoms with Gasteiger partial charge in [0.15, 0.2) is 5.13 Å². The van der Waals surface area contributed by atoms with E-state index in [-0.39, 0.29) is 12.3 Å². The van der Waals surface area contributed by atoms with Gasteiger partial charge < -0.3 is 9.15 Å². The largest absolute Gasteiger partial charge is 0.497 e. The molecule has 3 aromatic rings. The zero-order valence-corrected chi connectivity index (χ0v) is 16.2. The molecule has 0 radical (unpaired) electrons. The molecule has 0 fully saturated rings.